The molecular formula is C24H24ClN3O4. The molecule has 0 saturated heterocycles. The second-order valence-corrected chi connectivity index (χ2v) is 7.71. The number of ether oxygens (including phenoxy) is 3. The molecule has 0 spiro atoms. The number of hydrogen-bond acceptors (Lipinski definition) is 6. The normalized spacial score (nSPS) is 15.6. The molecule has 32 heavy (non-hydrogen) atoms. The van der Waals surface area contributed by atoms with E-state index in [2.05, 4.69) is 10.1 Å². The highest BCUT2D eigenvalue weighted by molar-refractivity contribution is 6.30. The van der Waals surface area contributed by atoms with Crippen LogP contribution in [0.3, 0.4) is 0 Å². The van der Waals surface area contributed by atoms with Crippen molar-refractivity contribution in [2.24, 2.45) is 5.10 Å². The number of pyridine rings is 1. The highest BCUT2D eigenvalue weighted by atomic mass is 35.5. The first-order valence-electron chi connectivity index (χ1n) is 10.2. The van der Waals surface area contributed by atoms with E-state index in [-0.39, 0.29) is 11.9 Å². The Morgan fingerprint density at radius 3 is 2.53 bits per heavy atom. The molecule has 1 aromatic heterocycles. The van der Waals surface area contributed by atoms with Gasteiger partial charge in [0.25, 0.3) is 0 Å². The largest absolute Gasteiger partial charge is 0.497 e. The molecule has 0 unspecified atom stereocenters. The van der Waals surface area contributed by atoms with Gasteiger partial charge in [-0.15, -0.1) is 0 Å². The molecule has 1 aliphatic heterocycles. The number of hydrogen-bond donors (Lipinski definition) is 0. The quantitative estimate of drug-likeness (QED) is 0.491. The SMILES string of the molecule is CCC(=O)N1N=C(c2ccc(OC)c(OC)c2)C[C@H]1c1cc2cc(OC)ccc2nc1Cl. The molecule has 0 N–H and O–H groups in total. The predicted molar refractivity (Wildman–Crippen MR) is 124 cm³/mol. The van der Waals surface area contributed by atoms with Gasteiger partial charge in [0.2, 0.25) is 5.91 Å². The molecule has 4 rings (SSSR count). The van der Waals surface area contributed by atoms with Crippen molar-refractivity contribution < 1.29 is 19.0 Å². The molecule has 7 nitrogen and oxygen atoms in total. The maximum Gasteiger partial charge on any atom is 0.242 e. The maximum atomic E-state index is 12.8. The Morgan fingerprint density at radius 2 is 1.84 bits per heavy atom. The van der Waals surface area contributed by atoms with Gasteiger partial charge in [-0.2, -0.15) is 5.10 Å². The van der Waals surface area contributed by atoms with Crippen molar-refractivity contribution in [1.82, 2.24) is 9.99 Å². The lowest BCUT2D eigenvalue weighted by atomic mass is 9.98. The summed E-state index contributed by atoms with van der Waals surface area (Å²) in [5.41, 5.74) is 3.12. The zero-order chi connectivity index (χ0) is 22.8. The van der Waals surface area contributed by atoms with E-state index in [9.17, 15) is 4.79 Å². The smallest absolute Gasteiger partial charge is 0.242 e. The summed E-state index contributed by atoms with van der Waals surface area (Å²) < 4.78 is 16.1. The molecule has 8 heteroatoms. The van der Waals surface area contributed by atoms with Gasteiger partial charge in [-0.05, 0) is 42.5 Å². The molecule has 1 aliphatic rings. The summed E-state index contributed by atoms with van der Waals surface area (Å²) in [6.45, 7) is 1.81. The number of hydrazone groups is 1. The molecule has 0 bridgehead atoms. The van der Waals surface area contributed by atoms with Gasteiger partial charge in [0.1, 0.15) is 10.9 Å². The molecule has 3 aromatic rings. The summed E-state index contributed by atoms with van der Waals surface area (Å²) >= 11 is 6.58. The number of nitrogens with zero attached hydrogens (tertiary/aromatic N) is 3. The van der Waals surface area contributed by atoms with E-state index in [4.69, 9.17) is 25.8 Å². The Kier molecular flexibility index (Phi) is 6.19. The number of carbonyl (C=O) groups is 1. The molecule has 2 heterocycles. The van der Waals surface area contributed by atoms with Gasteiger partial charge in [0, 0.05) is 29.4 Å². The first-order valence-corrected chi connectivity index (χ1v) is 10.6. The van der Waals surface area contributed by atoms with E-state index in [1.807, 2.05) is 49.4 Å². The van der Waals surface area contributed by atoms with Gasteiger partial charge in [0.15, 0.2) is 11.5 Å². The van der Waals surface area contributed by atoms with Gasteiger partial charge < -0.3 is 14.2 Å². The fourth-order valence-electron chi connectivity index (χ4n) is 3.84. The van der Waals surface area contributed by atoms with Crippen LogP contribution in [0.1, 0.15) is 36.9 Å². The highest BCUT2D eigenvalue weighted by Crippen LogP contribution is 2.39. The third-order valence-corrected chi connectivity index (χ3v) is 5.85. The average molecular weight is 454 g/mol. The predicted octanol–water partition coefficient (Wildman–Crippen LogP) is 5.00. The number of benzene rings is 2. The van der Waals surface area contributed by atoms with Crippen LogP contribution >= 0.6 is 11.6 Å². The van der Waals surface area contributed by atoms with Crippen LogP contribution in [0.5, 0.6) is 17.2 Å². The van der Waals surface area contributed by atoms with Crippen LogP contribution in [0.25, 0.3) is 10.9 Å². The molecule has 0 saturated carbocycles. The second-order valence-electron chi connectivity index (χ2n) is 7.36. The highest BCUT2D eigenvalue weighted by Gasteiger charge is 2.34. The van der Waals surface area contributed by atoms with Crippen molar-refractivity contribution in [2.75, 3.05) is 21.3 Å². The summed E-state index contributed by atoms with van der Waals surface area (Å²) in [5.74, 6) is 1.86. The van der Waals surface area contributed by atoms with E-state index in [1.165, 1.54) is 5.01 Å². The number of aromatic nitrogens is 1. The van der Waals surface area contributed by atoms with Gasteiger partial charge in [-0.1, -0.05) is 18.5 Å². The topological polar surface area (TPSA) is 73.3 Å². The van der Waals surface area contributed by atoms with Crippen LogP contribution in [0, 0.1) is 0 Å². The number of halogens is 1. The van der Waals surface area contributed by atoms with Crippen LogP contribution in [0.4, 0.5) is 0 Å². The van der Waals surface area contributed by atoms with Crippen molar-refractivity contribution in [3.05, 3.63) is 58.7 Å². The Bertz CT molecular complexity index is 1210. The Labute approximate surface area is 191 Å². The third-order valence-electron chi connectivity index (χ3n) is 5.55. The maximum absolute atomic E-state index is 12.8. The standard InChI is InChI=1S/C24H24ClN3O4/c1-5-23(29)28-20(13-19(27-28)14-6-9-21(31-3)22(12-14)32-4)17-11-15-10-16(30-2)7-8-18(15)26-24(17)25/h6-12,20H,5,13H2,1-4H3/t20-/m0/s1. The Balaban J connectivity index is 1.76. The number of carbonyl (C=O) groups excluding carboxylic acids is 1. The average Bonchev–Trinajstić information content (AvgIpc) is 3.27. The lowest BCUT2D eigenvalue weighted by Gasteiger charge is -2.22. The van der Waals surface area contributed by atoms with Crippen LogP contribution < -0.4 is 14.2 Å². The summed E-state index contributed by atoms with van der Waals surface area (Å²) in [6.07, 6.45) is 0.823. The van der Waals surface area contributed by atoms with Gasteiger partial charge in [-0.25, -0.2) is 9.99 Å². The van der Waals surface area contributed by atoms with E-state index >= 15 is 0 Å². The van der Waals surface area contributed by atoms with Gasteiger partial charge in [-0.3, -0.25) is 4.79 Å². The molecule has 166 valence electrons. The Hall–Kier alpha value is -3.32. The molecule has 1 amide bonds. The molecule has 1 atom stereocenters. The summed E-state index contributed by atoms with van der Waals surface area (Å²) in [6, 6.07) is 12.8. The van der Waals surface area contributed by atoms with Crippen molar-refractivity contribution in [2.45, 2.75) is 25.8 Å². The lowest BCUT2D eigenvalue weighted by Crippen LogP contribution is -2.26. The van der Waals surface area contributed by atoms with Gasteiger partial charge in [0.05, 0.1) is 38.6 Å². The van der Waals surface area contributed by atoms with Crippen molar-refractivity contribution in [1.29, 1.82) is 0 Å². The first-order chi connectivity index (χ1) is 15.5. The van der Waals surface area contributed by atoms with E-state index in [0.717, 1.165) is 33.5 Å². The van der Waals surface area contributed by atoms with Crippen LogP contribution in [0.2, 0.25) is 5.15 Å². The minimum Gasteiger partial charge on any atom is -0.497 e. The molecule has 0 fully saturated rings. The molecular weight excluding hydrogens is 430 g/mol. The molecule has 2 aromatic carbocycles. The zero-order valence-electron chi connectivity index (χ0n) is 18.4. The first kappa shape index (κ1) is 21.9. The number of amides is 1. The summed E-state index contributed by atoms with van der Waals surface area (Å²) in [5, 5.41) is 7.41. The van der Waals surface area contributed by atoms with Crippen LogP contribution in [0.15, 0.2) is 47.6 Å². The van der Waals surface area contributed by atoms with E-state index < -0.39 is 0 Å². The summed E-state index contributed by atoms with van der Waals surface area (Å²) in [4.78, 5) is 17.3. The number of methoxy groups -OCH3 is 3. The zero-order valence-corrected chi connectivity index (χ0v) is 19.1. The number of fused-ring (bicyclic) bond motifs is 1. The van der Waals surface area contributed by atoms with Crippen molar-refractivity contribution >= 4 is 34.1 Å². The van der Waals surface area contributed by atoms with E-state index in [1.54, 1.807) is 21.3 Å². The van der Waals surface area contributed by atoms with Gasteiger partial charge >= 0.3 is 0 Å². The van der Waals surface area contributed by atoms with Crippen LogP contribution in [-0.4, -0.2) is 42.9 Å². The fourth-order valence-corrected chi connectivity index (χ4v) is 4.11. The molecule has 0 radical (unpaired) electrons. The van der Waals surface area contributed by atoms with Crippen molar-refractivity contribution in [3.8, 4) is 17.2 Å². The minimum atomic E-state index is -0.360. The van der Waals surface area contributed by atoms with Crippen molar-refractivity contribution in [3.63, 3.8) is 0 Å². The monoisotopic (exact) mass is 453 g/mol. The Morgan fingerprint density at radius 1 is 1.06 bits per heavy atom. The fraction of sp³-hybridized carbons (Fsp3) is 0.292. The third kappa shape index (κ3) is 3.96. The minimum absolute atomic E-state index is 0.0905. The lowest BCUT2D eigenvalue weighted by molar-refractivity contribution is -0.132. The van der Waals surface area contributed by atoms with E-state index in [0.29, 0.717) is 29.5 Å². The molecule has 0 aliphatic carbocycles. The van der Waals surface area contributed by atoms with Crippen LogP contribution in [-0.2, 0) is 4.79 Å². The number of rotatable bonds is 6. The second kappa shape index (κ2) is 9.04. The summed E-state index contributed by atoms with van der Waals surface area (Å²) in [7, 11) is 4.79.